The van der Waals surface area contributed by atoms with Gasteiger partial charge in [-0.05, 0) is 115 Å². The largest absolute Gasteiger partial charge is 0.397 e. The van der Waals surface area contributed by atoms with Gasteiger partial charge in [0.25, 0.3) is 0 Å². The van der Waals surface area contributed by atoms with Crippen LogP contribution in [0.25, 0.3) is 53.9 Å². The topological polar surface area (TPSA) is 52.0 Å². The van der Waals surface area contributed by atoms with Crippen molar-refractivity contribution in [2.75, 3.05) is 11.5 Å². The van der Waals surface area contributed by atoms with Crippen molar-refractivity contribution < 1.29 is 0 Å². The quantitative estimate of drug-likeness (QED) is 0.237. The molecular formula is C26H18N2. The van der Waals surface area contributed by atoms with Crippen molar-refractivity contribution in [1.82, 2.24) is 0 Å². The van der Waals surface area contributed by atoms with Crippen LogP contribution in [-0.2, 0) is 0 Å². The van der Waals surface area contributed by atoms with Crippen molar-refractivity contribution in [3.8, 4) is 0 Å². The van der Waals surface area contributed by atoms with Gasteiger partial charge in [0.05, 0.1) is 11.4 Å². The second-order valence-electron chi connectivity index (χ2n) is 7.63. The molecule has 0 spiro atoms. The summed E-state index contributed by atoms with van der Waals surface area (Å²) >= 11 is 0. The summed E-state index contributed by atoms with van der Waals surface area (Å²) in [6.45, 7) is 0. The van der Waals surface area contributed by atoms with Gasteiger partial charge in [0, 0.05) is 0 Å². The first-order valence-electron chi connectivity index (χ1n) is 9.43. The molecule has 0 heterocycles. The molecule has 0 aliphatic rings. The third-order valence-corrected chi connectivity index (χ3v) is 5.77. The van der Waals surface area contributed by atoms with E-state index in [4.69, 9.17) is 11.5 Å². The van der Waals surface area contributed by atoms with E-state index < -0.39 is 0 Å². The van der Waals surface area contributed by atoms with Crippen molar-refractivity contribution in [3.05, 3.63) is 84.9 Å². The number of anilines is 2. The Morgan fingerprint density at radius 3 is 0.893 bits per heavy atom. The first-order valence-corrected chi connectivity index (χ1v) is 9.43. The lowest BCUT2D eigenvalue weighted by atomic mass is 9.96. The molecule has 2 nitrogen and oxygen atoms in total. The SMILES string of the molecule is Nc1cc2cc3cc4cc5cc6ccccc6cc5cc4cc3cc2cc1N. The molecule has 0 aliphatic heterocycles. The van der Waals surface area contributed by atoms with Crippen LogP contribution in [0.3, 0.4) is 0 Å². The maximum absolute atomic E-state index is 6.00. The van der Waals surface area contributed by atoms with E-state index in [1.54, 1.807) is 0 Å². The average Bonchev–Trinajstić information content (AvgIpc) is 2.69. The highest BCUT2D eigenvalue weighted by atomic mass is 14.7. The van der Waals surface area contributed by atoms with Crippen LogP contribution in [0.1, 0.15) is 0 Å². The summed E-state index contributed by atoms with van der Waals surface area (Å²) in [5.41, 5.74) is 13.3. The third-order valence-electron chi connectivity index (χ3n) is 5.77. The van der Waals surface area contributed by atoms with E-state index in [9.17, 15) is 0 Å². The highest BCUT2D eigenvalue weighted by molar-refractivity contribution is 6.10. The standard InChI is InChI=1S/C26H18N2/c27-25-13-23-11-21-9-19-7-17-5-15-3-1-2-4-16(15)6-18(17)8-20(19)10-22(21)12-24(23)14-26(25)28/h1-14H,27-28H2. The Balaban J connectivity index is 1.69. The van der Waals surface area contributed by atoms with Crippen LogP contribution in [0.2, 0.25) is 0 Å². The van der Waals surface area contributed by atoms with E-state index in [0.29, 0.717) is 11.4 Å². The highest BCUT2D eigenvalue weighted by Gasteiger charge is 2.06. The summed E-state index contributed by atoms with van der Waals surface area (Å²) in [7, 11) is 0. The Morgan fingerprint density at radius 1 is 0.321 bits per heavy atom. The first-order chi connectivity index (χ1) is 13.6. The van der Waals surface area contributed by atoms with Crippen LogP contribution in [-0.4, -0.2) is 0 Å². The smallest absolute Gasteiger partial charge is 0.0554 e. The molecule has 2 heteroatoms. The minimum Gasteiger partial charge on any atom is -0.397 e. The van der Waals surface area contributed by atoms with Gasteiger partial charge in [0.15, 0.2) is 0 Å². The van der Waals surface area contributed by atoms with E-state index in [1.807, 2.05) is 12.1 Å². The molecule has 132 valence electrons. The summed E-state index contributed by atoms with van der Waals surface area (Å²) in [4.78, 5) is 0. The second kappa shape index (κ2) is 5.37. The molecule has 6 rings (SSSR count). The molecule has 0 atom stereocenters. The van der Waals surface area contributed by atoms with E-state index in [1.165, 1.54) is 43.1 Å². The summed E-state index contributed by atoms with van der Waals surface area (Å²) in [5, 5.41) is 12.2. The molecule has 0 aromatic heterocycles. The molecule has 0 amide bonds. The normalized spacial score (nSPS) is 11.9. The van der Waals surface area contributed by atoms with E-state index in [-0.39, 0.29) is 0 Å². The van der Waals surface area contributed by atoms with Crippen LogP contribution in [0.5, 0.6) is 0 Å². The van der Waals surface area contributed by atoms with E-state index in [2.05, 4.69) is 72.8 Å². The van der Waals surface area contributed by atoms with Gasteiger partial charge >= 0.3 is 0 Å². The molecule has 4 N–H and O–H groups in total. The fourth-order valence-corrected chi connectivity index (χ4v) is 4.28. The Kier molecular flexibility index (Phi) is 2.93. The second-order valence-corrected chi connectivity index (χ2v) is 7.63. The lowest BCUT2D eigenvalue weighted by Crippen LogP contribution is -1.94. The molecule has 0 unspecified atom stereocenters. The Hall–Kier alpha value is -3.78. The van der Waals surface area contributed by atoms with Crippen molar-refractivity contribution >= 4 is 65.2 Å². The number of nitrogens with two attached hydrogens (primary N) is 2. The zero-order valence-electron chi connectivity index (χ0n) is 15.2. The van der Waals surface area contributed by atoms with Gasteiger partial charge in [-0.2, -0.15) is 0 Å². The number of hydrogen-bond acceptors (Lipinski definition) is 2. The predicted octanol–water partition coefficient (Wildman–Crippen LogP) is 6.62. The zero-order chi connectivity index (χ0) is 18.8. The van der Waals surface area contributed by atoms with Crippen LogP contribution >= 0.6 is 0 Å². The van der Waals surface area contributed by atoms with Crippen molar-refractivity contribution in [1.29, 1.82) is 0 Å². The van der Waals surface area contributed by atoms with Crippen LogP contribution < -0.4 is 11.5 Å². The minimum absolute atomic E-state index is 0.630. The Labute approximate surface area is 162 Å². The molecule has 0 saturated carbocycles. The van der Waals surface area contributed by atoms with Crippen LogP contribution in [0.4, 0.5) is 11.4 Å². The minimum atomic E-state index is 0.630. The Morgan fingerprint density at radius 2 is 0.571 bits per heavy atom. The van der Waals surface area contributed by atoms with Gasteiger partial charge in [-0.3, -0.25) is 0 Å². The fourth-order valence-electron chi connectivity index (χ4n) is 4.28. The highest BCUT2D eigenvalue weighted by Crippen LogP contribution is 2.33. The van der Waals surface area contributed by atoms with Crippen LogP contribution in [0.15, 0.2) is 84.9 Å². The monoisotopic (exact) mass is 358 g/mol. The van der Waals surface area contributed by atoms with Crippen molar-refractivity contribution in [3.63, 3.8) is 0 Å². The number of rotatable bonds is 0. The predicted molar refractivity (Wildman–Crippen MR) is 123 cm³/mol. The van der Waals surface area contributed by atoms with Gasteiger partial charge in [0.2, 0.25) is 0 Å². The molecular weight excluding hydrogens is 340 g/mol. The zero-order valence-corrected chi connectivity index (χ0v) is 15.2. The molecule has 0 saturated heterocycles. The van der Waals surface area contributed by atoms with Gasteiger partial charge in [-0.15, -0.1) is 0 Å². The molecule has 0 fully saturated rings. The fraction of sp³-hybridized carbons (Fsp3) is 0. The number of nitrogen functional groups attached to an aromatic ring is 2. The van der Waals surface area contributed by atoms with Gasteiger partial charge < -0.3 is 11.5 Å². The molecule has 6 aromatic rings. The summed E-state index contributed by atoms with van der Waals surface area (Å²) in [5.74, 6) is 0. The third kappa shape index (κ3) is 2.21. The lowest BCUT2D eigenvalue weighted by molar-refractivity contribution is 1.72. The molecule has 0 aliphatic carbocycles. The van der Waals surface area contributed by atoms with Crippen molar-refractivity contribution in [2.24, 2.45) is 0 Å². The molecule has 28 heavy (non-hydrogen) atoms. The summed E-state index contributed by atoms with van der Waals surface area (Å²) in [6, 6.07) is 30.5. The molecule has 0 radical (unpaired) electrons. The molecule has 0 bridgehead atoms. The molecule has 6 aromatic carbocycles. The summed E-state index contributed by atoms with van der Waals surface area (Å²) in [6.07, 6.45) is 0. The van der Waals surface area contributed by atoms with Gasteiger partial charge in [-0.25, -0.2) is 0 Å². The average molecular weight is 358 g/mol. The number of benzene rings is 6. The first kappa shape index (κ1) is 15.3. The van der Waals surface area contributed by atoms with Crippen molar-refractivity contribution in [2.45, 2.75) is 0 Å². The lowest BCUT2D eigenvalue weighted by Gasteiger charge is -2.09. The van der Waals surface area contributed by atoms with E-state index in [0.717, 1.165) is 10.8 Å². The maximum Gasteiger partial charge on any atom is 0.0554 e. The van der Waals surface area contributed by atoms with Gasteiger partial charge in [0.1, 0.15) is 0 Å². The number of fused-ring (bicyclic) bond motifs is 5. The van der Waals surface area contributed by atoms with Crippen LogP contribution in [0, 0.1) is 0 Å². The Bertz CT molecular complexity index is 1460. The maximum atomic E-state index is 6.00. The van der Waals surface area contributed by atoms with E-state index >= 15 is 0 Å². The summed E-state index contributed by atoms with van der Waals surface area (Å²) < 4.78 is 0. The van der Waals surface area contributed by atoms with Gasteiger partial charge in [-0.1, -0.05) is 24.3 Å². The number of hydrogen-bond donors (Lipinski definition) is 2.